The van der Waals surface area contributed by atoms with E-state index < -0.39 is 10.0 Å². The maximum Gasteiger partial charge on any atom is 0.246 e. The maximum absolute atomic E-state index is 13.2. The minimum absolute atomic E-state index is 0.0175. The van der Waals surface area contributed by atoms with E-state index in [-0.39, 0.29) is 36.1 Å². The first-order chi connectivity index (χ1) is 17.0. The zero-order chi connectivity index (χ0) is 24.7. The van der Waals surface area contributed by atoms with Crippen LogP contribution in [0.5, 0.6) is 5.75 Å². The molecule has 1 aliphatic heterocycles. The largest absolute Gasteiger partial charge is 0.495 e. The van der Waals surface area contributed by atoms with Crippen molar-refractivity contribution in [2.75, 3.05) is 38.7 Å². The van der Waals surface area contributed by atoms with Gasteiger partial charge in [0.2, 0.25) is 15.9 Å². The van der Waals surface area contributed by atoms with Crippen molar-refractivity contribution in [2.24, 2.45) is 0 Å². The molecule has 35 heavy (non-hydrogen) atoms. The summed E-state index contributed by atoms with van der Waals surface area (Å²) >= 11 is 0. The fourth-order valence-electron chi connectivity index (χ4n) is 3.73. The average Bonchev–Trinajstić information content (AvgIpc) is 2.89. The van der Waals surface area contributed by atoms with Crippen LogP contribution in [0, 0.1) is 0 Å². The Balaban J connectivity index is 1.47. The topological polar surface area (TPSA) is 97.8 Å². The molecule has 1 aromatic heterocycles. The molecule has 0 radical (unpaired) electrons. The van der Waals surface area contributed by atoms with Crippen molar-refractivity contribution >= 4 is 33.8 Å². The second-order valence-corrected chi connectivity index (χ2v) is 9.85. The van der Waals surface area contributed by atoms with E-state index in [2.05, 4.69) is 10.3 Å². The van der Waals surface area contributed by atoms with Crippen molar-refractivity contribution < 1.29 is 22.7 Å². The van der Waals surface area contributed by atoms with Crippen molar-refractivity contribution in [3.63, 3.8) is 0 Å². The van der Waals surface area contributed by atoms with Gasteiger partial charge in [-0.1, -0.05) is 30.3 Å². The third-order valence-corrected chi connectivity index (χ3v) is 7.41. The molecule has 0 spiro atoms. The lowest BCUT2D eigenvalue weighted by Gasteiger charge is -2.26. The molecule has 1 aliphatic rings. The summed E-state index contributed by atoms with van der Waals surface area (Å²) in [4.78, 5) is 17.1. The normalized spacial score (nSPS) is 14.7. The quantitative estimate of drug-likeness (QED) is 0.516. The molecular formula is C26H27N3O5S. The molecule has 1 fully saturated rings. The smallest absolute Gasteiger partial charge is 0.246 e. The predicted octanol–water partition coefficient (Wildman–Crippen LogP) is 3.46. The van der Waals surface area contributed by atoms with E-state index in [1.807, 2.05) is 48.6 Å². The number of morpholine rings is 1. The van der Waals surface area contributed by atoms with Gasteiger partial charge in [0.15, 0.2) is 0 Å². The van der Waals surface area contributed by atoms with Crippen LogP contribution in [-0.4, -0.2) is 57.0 Å². The van der Waals surface area contributed by atoms with Gasteiger partial charge < -0.3 is 14.8 Å². The number of aromatic nitrogens is 1. The summed E-state index contributed by atoms with van der Waals surface area (Å²) in [6.07, 6.45) is 5.57. The number of nitrogens with zero attached hydrogens (tertiary/aromatic N) is 2. The van der Waals surface area contributed by atoms with Gasteiger partial charge in [0.1, 0.15) is 10.6 Å². The van der Waals surface area contributed by atoms with Crippen LogP contribution in [0.3, 0.4) is 0 Å². The van der Waals surface area contributed by atoms with E-state index in [1.165, 1.54) is 17.5 Å². The molecule has 0 unspecified atom stereocenters. The SMILES string of the molecule is COc1ccc(CC(=O)Nc2cccc(C=Cc3ccccn3)c2)cc1S(=O)(=O)N1CCOCC1. The molecule has 3 aromatic rings. The lowest BCUT2D eigenvalue weighted by molar-refractivity contribution is -0.115. The van der Waals surface area contributed by atoms with Crippen molar-refractivity contribution in [2.45, 2.75) is 11.3 Å². The Morgan fingerprint density at radius 1 is 1.09 bits per heavy atom. The summed E-state index contributed by atoms with van der Waals surface area (Å²) in [5, 5.41) is 2.88. The van der Waals surface area contributed by atoms with E-state index in [0.717, 1.165) is 11.3 Å². The zero-order valence-electron chi connectivity index (χ0n) is 19.4. The number of hydrogen-bond acceptors (Lipinski definition) is 6. The fourth-order valence-corrected chi connectivity index (χ4v) is 5.34. The summed E-state index contributed by atoms with van der Waals surface area (Å²) in [6.45, 7) is 1.25. The number of amides is 1. The molecule has 2 aromatic carbocycles. The fraction of sp³-hybridized carbons (Fsp3) is 0.231. The Kier molecular flexibility index (Phi) is 7.91. The monoisotopic (exact) mass is 493 g/mol. The third kappa shape index (κ3) is 6.33. The lowest BCUT2D eigenvalue weighted by Crippen LogP contribution is -2.40. The first-order valence-corrected chi connectivity index (χ1v) is 12.6. The van der Waals surface area contributed by atoms with Crippen molar-refractivity contribution in [3.8, 4) is 5.75 Å². The number of methoxy groups -OCH3 is 1. The Bertz CT molecular complexity index is 1300. The highest BCUT2D eigenvalue weighted by Gasteiger charge is 2.29. The number of nitrogens with one attached hydrogen (secondary N) is 1. The van der Waals surface area contributed by atoms with Crippen LogP contribution in [0.1, 0.15) is 16.8 Å². The number of rotatable bonds is 8. The summed E-state index contributed by atoms with van der Waals surface area (Å²) in [5.74, 6) is -0.0104. The Labute approximate surface area is 205 Å². The van der Waals surface area contributed by atoms with E-state index >= 15 is 0 Å². The number of carbonyl (C=O) groups is 1. The number of hydrogen-bond donors (Lipinski definition) is 1. The van der Waals surface area contributed by atoms with Crippen molar-refractivity contribution in [1.82, 2.24) is 9.29 Å². The van der Waals surface area contributed by atoms with Crippen LogP contribution >= 0.6 is 0 Å². The predicted molar refractivity (Wildman–Crippen MR) is 135 cm³/mol. The van der Waals surface area contributed by atoms with E-state index in [1.54, 1.807) is 24.4 Å². The molecule has 1 N–H and O–H groups in total. The Morgan fingerprint density at radius 3 is 2.66 bits per heavy atom. The van der Waals surface area contributed by atoms with Gasteiger partial charge in [-0.05, 0) is 53.6 Å². The summed E-state index contributed by atoms with van der Waals surface area (Å²) in [5.41, 5.74) is 2.97. The van der Waals surface area contributed by atoms with Gasteiger partial charge >= 0.3 is 0 Å². The average molecular weight is 494 g/mol. The molecular weight excluding hydrogens is 466 g/mol. The van der Waals surface area contributed by atoms with Crippen LogP contribution in [0.15, 0.2) is 71.8 Å². The second kappa shape index (κ2) is 11.3. The number of benzene rings is 2. The van der Waals surface area contributed by atoms with E-state index in [4.69, 9.17) is 9.47 Å². The molecule has 182 valence electrons. The molecule has 9 heteroatoms. The highest BCUT2D eigenvalue weighted by atomic mass is 32.2. The molecule has 0 saturated carbocycles. The standard InChI is InChI=1S/C26H27N3O5S/c1-33-24-11-9-21(18-25(24)35(31,32)29-13-15-34-16-14-29)19-26(30)28-23-7-4-5-20(17-23)8-10-22-6-2-3-12-27-22/h2-12,17-18H,13-16,19H2,1H3,(H,28,30). The van der Waals surface area contributed by atoms with Gasteiger partial charge in [0, 0.05) is 25.0 Å². The summed E-state index contributed by atoms with van der Waals surface area (Å²) < 4.78 is 38.3. The third-order valence-electron chi connectivity index (χ3n) is 5.49. The van der Waals surface area contributed by atoms with Gasteiger partial charge in [0.05, 0.1) is 32.4 Å². The molecule has 0 aliphatic carbocycles. The van der Waals surface area contributed by atoms with E-state index in [9.17, 15) is 13.2 Å². The first kappa shape index (κ1) is 24.6. The molecule has 2 heterocycles. The Hall–Kier alpha value is -3.53. The molecule has 4 rings (SSSR count). The zero-order valence-corrected chi connectivity index (χ0v) is 20.2. The molecule has 8 nitrogen and oxygen atoms in total. The number of ether oxygens (including phenoxy) is 2. The van der Waals surface area contributed by atoms with E-state index in [0.29, 0.717) is 24.5 Å². The molecule has 0 atom stereocenters. The lowest BCUT2D eigenvalue weighted by atomic mass is 10.1. The molecule has 1 amide bonds. The van der Waals surface area contributed by atoms with Gasteiger partial charge in [-0.2, -0.15) is 4.31 Å². The van der Waals surface area contributed by atoms with Crippen LogP contribution in [0.2, 0.25) is 0 Å². The van der Waals surface area contributed by atoms with Crippen LogP contribution in [0.4, 0.5) is 5.69 Å². The summed E-state index contributed by atoms with van der Waals surface area (Å²) in [6, 6.07) is 17.9. The minimum atomic E-state index is -3.77. The van der Waals surface area contributed by atoms with Crippen LogP contribution in [-0.2, 0) is 26.0 Å². The highest BCUT2D eigenvalue weighted by molar-refractivity contribution is 7.89. The molecule has 1 saturated heterocycles. The number of pyridine rings is 1. The highest BCUT2D eigenvalue weighted by Crippen LogP contribution is 2.28. The number of anilines is 1. The summed E-state index contributed by atoms with van der Waals surface area (Å²) in [7, 11) is -2.35. The first-order valence-electron chi connectivity index (χ1n) is 11.2. The number of carbonyl (C=O) groups excluding carboxylic acids is 1. The van der Waals surface area contributed by atoms with Gasteiger partial charge in [-0.25, -0.2) is 8.42 Å². The Morgan fingerprint density at radius 2 is 1.91 bits per heavy atom. The second-order valence-electron chi connectivity index (χ2n) is 7.94. The molecule has 0 bridgehead atoms. The van der Waals surface area contributed by atoms with Crippen LogP contribution in [0.25, 0.3) is 12.2 Å². The maximum atomic E-state index is 13.2. The van der Waals surface area contributed by atoms with Gasteiger partial charge in [-0.3, -0.25) is 9.78 Å². The number of sulfonamides is 1. The minimum Gasteiger partial charge on any atom is -0.495 e. The van der Waals surface area contributed by atoms with Gasteiger partial charge in [-0.15, -0.1) is 0 Å². The van der Waals surface area contributed by atoms with Crippen molar-refractivity contribution in [3.05, 3.63) is 83.7 Å². The van der Waals surface area contributed by atoms with Gasteiger partial charge in [0.25, 0.3) is 0 Å². The van der Waals surface area contributed by atoms with Crippen LogP contribution < -0.4 is 10.1 Å². The van der Waals surface area contributed by atoms with Crippen molar-refractivity contribution in [1.29, 1.82) is 0 Å².